The van der Waals surface area contributed by atoms with Crippen LogP contribution >= 0.6 is 0 Å². The van der Waals surface area contributed by atoms with Gasteiger partial charge in [0, 0.05) is 18.2 Å². The van der Waals surface area contributed by atoms with Crippen LogP contribution in [0.5, 0.6) is 5.75 Å². The number of nitrogens with zero attached hydrogens (tertiary/aromatic N) is 1. The van der Waals surface area contributed by atoms with Gasteiger partial charge in [0.25, 0.3) is 0 Å². The van der Waals surface area contributed by atoms with Crippen LogP contribution in [0.1, 0.15) is 45.2 Å². The van der Waals surface area contributed by atoms with Gasteiger partial charge in [0.15, 0.2) is 0 Å². The first-order chi connectivity index (χ1) is 9.74. The minimum absolute atomic E-state index is 0.294. The molecule has 4 heteroatoms. The quantitative estimate of drug-likeness (QED) is 0.833. The van der Waals surface area contributed by atoms with Gasteiger partial charge in [0.05, 0.1) is 25.5 Å². The molecule has 0 bridgehead atoms. The third-order valence-corrected chi connectivity index (χ3v) is 3.69. The lowest BCUT2D eigenvalue weighted by Gasteiger charge is -2.24. The predicted molar refractivity (Wildman–Crippen MR) is 80.0 cm³/mol. The maximum Gasteiger partial charge on any atom is 0.137 e. The number of hydrogen-bond donors (Lipinski definition) is 1. The fourth-order valence-corrected chi connectivity index (χ4v) is 2.76. The van der Waals surface area contributed by atoms with E-state index in [1.54, 1.807) is 6.20 Å². The standard InChI is InChI=1S/C16H26N2O2/c1-4-6-19-15-8-13(9-17-10-15)16(18-5-2)14-7-12(3)20-11-14/h8-10,12,14,16,18H,4-7,11H2,1-3H3. The van der Waals surface area contributed by atoms with Gasteiger partial charge in [0.1, 0.15) is 5.75 Å². The van der Waals surface area contributed by atoms with Crippen molar-refractivity contribution < 1.29 is 9.47 Å². The highest BCUT2D eigenvalue weighted by Crippen LogP contribution is 2.32. The van der Waals surface area contributed by atoms with Crippen LogP contribution in [0.4, 0.5) is 0 Å². The molecule has 0 aliphatic carbocycles. The zero-order valence-corrected chi connectivity index (χ0v) is 12.8. The third-order valence-electron chi connectivity index (χ3n) is 3.69. The van der Waals surface area contributed by atoms with Gasteiger partial charge in [-0.15, -0.1) is 0 Å². The summed E-state index contributed by atoms with van der Waals surface area (Å²) in [4.78, 5) is 4.33. The molecule has 1 aliphatic rings. The lowest BCUT2D eigenvalue weighted by Crippen LogP contribution is -2.28. The molecule has 1 aromatic rings. The average molecular weight is 278 g/mol. The molecule has 1 aliphatic heterocycles. The molecule has 112 valence electrons. The Balaban J connectivity index is 2.11. The first kappa shape index (κ1) is 15.3. The number of hydrogen-bond acceptors (Lipinski definition) is 4. The molecule has 1 aromatic heterocycles. The second-order valence-corrected chi connectivity index (χ2v) is 5.48. The summed E-state index contributed by atoms with van der Waals surface area (Å²) in [6.07, 6.45) is 6.19. The molecule has 3 unspecified atom stereocenters. The smallest absolute Gasteiger partial charge is 0.137 e. The summed E-state index contributed by atoms with van der Waals surface area (Å²) in [6.45, 7) is 8.88. The molecule has 0 saturated carbocycles. The summed E-state index contributed by atoms with van der Waals surface area (Å²) in [5.74, 6) is 1.37. The van der Waals surface area contributed by atoms with Crippen molar-refractivity contribution in [2.45, 2.75) is 45.8 Å². The third kappa shape index (κ3) is 3.93. The molecule has 0 aromatic carbocycles. The minimum atomic E-state index is 0.294. The Bertz CT molecular complexity index is 411. The summed E-state index contributed by atoms with van der Waals surface area (Å²) >= 11 is 0. The number of ether oxygens (including phenoxy) is 2. The fourth-order valence-electron chi connectivity index (χ4n) is 2.76. The Morgan fingerprint density at radius 2 is 2.30 bits per heavy atom. The van der Waals surface area contributed by atoms with E-state index in [0.29, 0.717) is 18.1 Å². The van der Waals surface area contributed by atoms with E-state index >= 15 is 0 Å². The SMILES string of the molecule is CCCOc1cncc(C(NCC)C2COC(C)C2)c1. The maximum absolute atomic E-state index is 5.72. The first-order valence-corrected chi connectivity index (χ1v) is 7.67. The Hall–Kier alpha value is -1.13. The molecular weight excluding hydrogens is 252 g/mol. The summed E-state index contributed by atoms with van der Waals surface area (Å²) in [5, 5.41) is 3.57. The number of rotatable bonds is 7. The predicted octanol–water partition coefficient (Wildman–Crippen LogP) is 2.95. The van der Waals surface area contributed by atoms with Crippen molar-refractivity contribution in [3.63, 3.8) is 0 Å². The normalized spacial score (nSPS) is 23.8. The van der Waals surface area contributed by atoms with E-state index < -0.39 is 0 Å². The molecule has 4 nitrogen and oxygen atoms in total. The minimum Gasteiger partial charge on any atom is -0.492 e. The Kier molecular flexibility index (Phi) is 5.80. The van der Waals surface area contributed by atoms with Crippen LogP contribution in [0.3, 0.4) is 0 Å². The molecule has 20 heavy (non-hydrogen) atoms. The van der Waals surface area contributed by atoms with Crippen LogP contribution < -0.4 is 10.1 Å². The summed E-state index contributed by atoms with van der Waals surface area (Å²) in [5.41, 5.74) is 1.20. The topological polar surface area (TPSA) is 43.4 Å². The van der Waals surface area contributed by atoms with E-state index in [1.807, 2.05) is 6.20 Å². The number of nitrogens with one attached hydrogen (secondary N) is 1. The number of pyridine rings is 1. The highest BCUT2D eigenvalue weighted by molar-refractivity contribution is 5.26. The Morgan fingerprint density at radius 3 is 2.95 bits per heavy atom. The highest BCUT2D eigenvalue weighted by Gasteiger charge is 2.30. The van der Waals surface area contributed by atoms with Crippen molar-refractivity contribution in [2.75, 3.05) is 19.8 Å². The summed E-state index contributed by atoms with van der Waals surface area (Å²) < 4.78 is 11.4. The van der Waals surface area contributed by atoms with Gasteiger partial charge in [-0.05, 0) is 37.9 Å². The van der Waals surface area contributed by atoms with Crippen molar-refractivity contribution in [3.05, 3.63) is 24.0 Å². The van der Waals surface area contributed by atoms with Gasteiger partial charge in [-0.1, -0.05) is 13.8 Å². The van der Waals surface area contributed by atoms with Crippen LogP contribution in [-0.4, -0.2) is 30.8 Å². The van der Waals surface area contributed by atoms with E-state index in [0.717, 1.165) is 38.3 Å². The van der Waals surface area contributed by atoms with Gasteiger partial charge < -0.3 is 14.8 Å². The van der Waals surface area contributed by atoms with Gasteiger partial charge in [-0.2, -0.15) is 0 Å². The molecule has 2 heterocycles. The molecule has 1 fully saturated rings. The van der Waals surface area contributed by atoms with Crippen molar-refractivity contribution in [1.82, 2.24) is 10.3 Å². The molecular formula is C16H26N2O2. The second-order valence-electron chi connectivity index (χ2n) is 5.48. The summed E-state index contributed by atoms with van der Waals surface area (Å²) in [7, 11) is 0. The van der Waals surface area contributed by atoms with E-state index in [4.69, 9.17) is 9.47 Å². The van der Waals surface area contributed by atoms with E-state index in [-0.39, 0.29) is 0 Å². The van der Waals surface area contributed by atoms with Gasteiger partial charge in [0.2, 0.25) is 0 Å². The van der Waals surface area contributed by atoms with Crippen LogP contribution in [0, 0.1) is 5.92 Å². The molecule has 2 rings (SSSR count). The Labute approximate surface area is 121 Å². The lowest BCUT2D eigenvalue weighted by atomic mass is 9.92. The molecule has 1 saturated heterocycles. The van der Waals surface area contributed by atoms with Crippen LogP contribution in [0.25, 0.3) is 0 Å². The van der Waals surface area contributed by atoms with Crippen LogP contribution in [-0.2, 0) is 4.74 Å². The maximum atomic E-state index is 5.72. The zero-order chi connectivity index (χ0) is 14.4. The molecule has 0 radical (unpaired) electrons. The van der Waals surface area contributed by atoms with Crippen molar-refractivity contribution in [2.24, 2.45) is 5.92 Å². The van der Waals surface area contributed by atoms with Crippen LogP contribution in [0.2, 0.25) is 0 Å². The largest absolute Gasteiger partial charge is 0.492 e. The monoisotopic (exact) mass is 278 g/mol. The molecule has 0 spiro atoms. The molecule has 0 amide bonds. The van der Waals surface area contributed by atoms with Crippen molar-refractivity contribution in [1.29, 1.82) is 0 Å². The van der Waals surface area contributed by atoms with Gasteiger partial charge in [-0.25, -0.2) is 0 Å². The van der Waals surface area contributed by atoms with E-state index in [2.05, 4.69) is 37.1 Å². The molecule has 1 N–H and O–H groups in total. The average Bonchev–Trinajstić information content (AvgIpc) is 2.89. The van der Waals surface area contributed by atoms with Gasteiger partial charge >= 0.3 is 0 Å². The lowest BCUT2D eigenvalue weighted by molar-refractivity contribution is 0.117. The Morgan fingerprint density at radius 1 is 1.45 bits per heavy atom. The van der Waals surface area contributed by atoms with Crippen LogP contribution in [0.15, 0.2) is 18.5 Å². The zero-order valence-electron chi connectivity index (χ0n) is 12.8. The van der Waals surface area contributed by atoms with E-state index in [1.165, 1.54) is 5.56 Å². The molecule has 3 atom stereocenters. The highest BCUT2D eigenvalue weighted by atomic mass is 16.5. The van der Waals surface area contributed by atoms with Crippen molar-refractivity contribution in [3.8, 4) is 5.75 Å². The summed E-state index contributed by atoms with van der Waals surface area (Å²) in [6, 6.07) is 2.40. The van der Waals surface area contributed by atoms with E-state index in [9.17, 15) is 0 Å². The number of aromatic nitrogens is 1. The van der Waals surface area contributed by atoms with Gasteiger partial charge in [-0.3, -0.25) is 4.98 Å². The fraction of sp³-hybridized carbons (Fsp3) is 0.688. The van der Waals surface area contributed by atoms with Crippen molar-refractivity contribution >= 4 is 0 Å². The second kappa shape index (κ2) is 7.60. The first-order valence-electron chi connectivity index (χ1n) is 7.67.